The molecule has 2 nitrogen and oxygen atoms in total. The van der Waals surface area contributed by atoms with Crippen LogP contribution in [0.2, 0.25) is 5.02 Å². The Labute approximate surface area is 123 Å². The number of benzene rings is 1. The summed E-state index contributed by atoms with van der Waals surface area (Å²) in [7, 11) is 0. The summed E-state index contributed by atoms with van der Waals surface area (Å²) >= 11 is 17.8. The minimum Gasteiger partial charge on any atom is -0.344 e. The Bertz CT molecular complexity index is 422. The summed E-state index contributed by atoms with van der Waals surface area (Å²) in [5, 5.41) is 3.30. The molecule has 0 bridgehead atoms. The van der Waals surface area contributed by atoms with Crippen LogP contribution in [0.5, 0.6) is 0 Å². The second-order valence-corrected chi connectivity index (χ2v) is 5.28. The molecule has 5 heteroatoms. The van der Waals surface area contributed by atoms with Crippen molar-refractivity contribution in [3.05, 3.63) is 34.3 Å². The number of amides is 1. The van der Waals surface area contributed by atoms with E-state index in [1.54, 1.807) is 12.1 Å². The first-order valence-electron chi connectivity index (χ1n) is 5.68. The summed E-state index contributed by atoms with van der Waals surface area (Å²) in [5.74, 6) is 0.285. The fraction of sp³-hybridized carbons (Fsp3) is 0.462. The lowest BCUT2D eigenvalue weighted by Crippen LogP contribution is -2.51. The van der Waals surface area contributed by atoms with Gasteiger partial charge in [-0.15, -0.1) is 23.2 Å². The highest BCUT2D eigenvalue weighted by Gasteiger charge is 2.29. The highest BCUT2D eigenvalue weighted by atomic mass is 35.5. The highest BCUT2D eigenvalue weighted by molar-refractivity contribution is 6.34. The second kappa shape index (κ2) is 6.65. The first kappa shape index (κ1) is 15.6. The summed E-state index contributed by atoms with van der Waals surface area (Å²) in [4.78, 5) is 12.2. The third-order valence-electron chi connectivity index (χ3n) is 2.94. The van der Waals surface area contributed by atoms with Crippen LogP contribution in [0.15, 0.2) is 18.2 Å². The van der Waals surface area contributed by atoms with Crippen LogP contribution >= 0.6 is 34.8 Å². The van der Waals surface area contributed by atoms with E-state index in [0.29, 0.717) is 17.0 Å². The number of halogens is 3. The molecule has 0 aliphatic carbocycles. The van der Waals surface area contributed by atoms with Crippen molar-refractivity contribution in [2.45, 2.75) is 25.8 Å². The third-order valence-corrected chi connectivity index (χ3v) is 4.27. The smallest absolute Gasteiger partial charge is 0.253 e. The standard InChI is InChI=1S/C13H16Cl3NO/c1-3-13(7-14,8-15)17-12(18)10-5-4-9(2)6-11(10)16/h4-6H,3,7-8H2,1-2H3,(H,17,18). The average Bonchev–Trinajstić information content (AvgIpc) is 2.36. The summed E-state index contributed by atoms with van der Waals surface area (Å²) in [6, 6.07) is 5.30. The fourth-order valence-electron chi connectivity index (χ4n) is 1.49. The average molecular weight is 309 g/mol. The van der Waals surface area contributed by atoms with Crippen LogP contribution in [0.25, 0.3) is 0 Å². The summed E-state index contributed by atoms with van der Waals surface area (Å²) in [6.07, 6.45) is 0.662. The van der Waals surface area contributed by atoms with Crippen LogP contribution in [0.3, 0.4) is 0 Å². The Balaban J connectivity index is 2.94. The SMILES string of the molecule is CCC(CCl)(CCl)NC(=O)c1ccc(C)cc1Cl. The maximum absolute atomic E-state index is 12.2. The Morgan fingerprint density at radius 1 is 1.33 bits per heavy atom. The van der Waals surface area contributed by atoms with E-state index in [-0.39, 0.29) is 17.7 Å². The molecular weight excluding hydrogens is 293 g/mol. The number of hydrogen-bond acceptors (Lipinski definition) is 1. The van der Waals surface area contributed by atoms with Crippen molar-refractivity contribution < 1.29 is 4.79 Å². The molecule has 1 amide bonds. The minimum atomic E-state index is -0.589. The van der Waals surface area contributed by atoms with Crippen LogP contribution in [0, 0.1) is 6.92 Å². The molecule has 0 aliphatic heterocycles. The largest absolute Gasteiger partial charge is 0.344 e. The van der Waals surface area contributed by atoms with Gasteiger partial charge in [-0.3, -0.25) is 4.79 Å². The Morgan fingerprint density at radius 2 is 1.94 bits per heavy atom. The summed E-state index contributed by atoms with van der Waals surface area (Å²) in [6.45, 7) is 3.85. The molecule has 0 unspecified atom stereocenters. The number of aryl methyl sites for hydroxylation is 1. The van der Waals surface area contributed by atoms with Crippen molar-refractivity contribution in [1.82, 2.24) is 5.32 Å². The van der Waals surface area contributed by atoms with Crippen molar-refractivity contribution in [1.29, 1.82) is 0 Å². The molecule has 0 aromatic heterocycles. The van der Waals surface area contributed by atoms with Gasteiger partial charge in [0.2, 0.25) is 0 Å². The molecule has 0 saturated carbocycles. The quantitative estimate of drug-likeness (QED) is 0.818. The molecule has 0 heterocycles. The van der Waals surface area contributed by atoms with Gasteiger partial charge in [-0.25, -0.2) is 0 Å². The van der Waals surface area contributed by atoms with E-state index in [4.69, 9.17) is 34.8 Å². The molecule has 100 valence electrons. The maximum Gasteiger partial charge on any atom is 0.253 e. The van der Waals surface area contributed by atoms with Crippen molar-refractivity contribution in [2.24, 2.45) is 0 Å². The van der Waals surface area contributed by atoms with Gasteiger partial charge in [0.1, 0.15) is 0 Å². The molecule has 0 radical (unpaired) electrons. The van der Waals surface area contributed by atoms with E-state index in [1.807, 2.05) is 19.9 Å². The zero-order valence-electron chi connectivity index (χ0n) is 10.4. The molecule has 0 saturated heterocycles. The van der Waals surface area contributed by atoms with E-state index in [1.165, 1.54) is 0 Å². The molecule has 0 spiro atoms. The van der Waals surface area contributed by atoms with Crippen LogP contribution in [0.1, 0.15) is 29.3 Å². The van der Waals surface area contributed by atoms with Crippen molar-refractivity contribution in [3.8, 4) is 0 Å². The number of rotatable bonds is 5. The van der Waals surface area contributed by atoms with Crippen molar-refractivity contribution in [2.75, 3.05) is 11.8 Å². The van der Waals surface area contributed by atoms with Gasteiger partial charge in [0, 0.05) is 11.8 Å². The van der Waals surface area contributed by atoms with Crippen LogP contribution in [-0.4, -0.2) is 23.2 Å². The van der Waals surface area contributed by atoms with Gasteiger partial charge in [-0.2, -0.15) is 0 Å². The predicted molar refractivity (Wildman–Crippen MR) is 78.1 cm³/mol. The predicted octanol–water partition coefficient (Wildman–Crippen LogP) is 4.00. The molecule has 1 aromatic rings. The molecule has 0 aliphatic rings. The number of carbonyl (C=O) groups excluding carboxylic acids is 1. The Hall–Kier alpha value is -0.440. The zero-order valence-corrected chi connectivity index (χ0v) is 12.7. The van der Waals surface area contributed by atoms with E-state index in [2.05, 4.69) is 5.32 Å². The molecular formula is C13H16Cl3NO. The monoisotopic (exact) mass is 307 g/mol. The van der Waals surface area contributed by atoms with E-state index in [0.717, 1.165) is 5.56 Å². The van der Waals surface area contributed by atoms with Gasteiger partial charge >= 0.3 is 0 Å². The molecule has 1 N–H and O–H groups in total. The van der Waals surface area contributed by atoms with Gasteiger partial charge in [0.25, 0.3) is 5.91 Å². The van der Waals surface area contributed by atoms with Gasteiger partial charge < -0.3 is 5.32 Å². The summed E-state index contributed by atoms with van der Waals surface area (Å²) < 4.78 is 0. The molecule has 18 heavy (non-hydrogen) atoms. The third kappa shape index (κ3) is 3.53. The molecule has 0 fully saturated rings. The normalized spacial score (nSPS) is 11.4. The van der Waals surface area contributed by atoms with Crippen molar-refractivity contribution >= 4 is 40.7 Å². The number of alkyl halides is 2. The topological polar surface area (TPSA) is 29.1 Å². The zero-order chi connectivity index (χ0) is 13.8. The lowest BCUT2D eigenvalue weighted by atomic mass is 10.0. The lowest BCUT2D eigenvalue weighted by molar-refractivity contribution is 0.0913. The second-order valence-electron chi connectivity index (χ2n) is 4.34. The lowest BCUT2D eigenvalue weighted by Gasteiger charge is -2.29. The molecule has 1 rings (SSSR count). The Morgan fingerprint density at radius 3 is 2.39 bits per heavy atom. The van der Waals surface area contributed by atoms with Crippen LogP contribution < -0.4 is 5.32 Å². The number of carbonyl (C=O) groups is 1. The van der Waals surface area contributed by atoms with Gasteiger partial charge in [0.15, 0.2) is 0 Å². The van der Waals surface area contributed by atoms with Crippen LogP contribution in [-0.2, 0) is 0 Å². The molecule has 0 atom stereocenters. The van der Waals surface area contributed by atoms with E-state index in [9.17, 15) is 4.79 Å². The van der Waals surface area contributed by atoms with E-state index >= 15 is 0 Å². The summed E-state index contributed by atoms with van der Waals surface area (Å²) in [5.41, 5.74) is 0.859. The van der Waals surface area contributed by atoms with E-state index < -0.39 is 5.54 Å². The Kier molecular flexibility index (Phi) is 5.77. The minimum absolute atomic E-state index is 0.247. The first-order chi connectivity index (χ1) is 8.48. The highest BCUT2D eigenvalue weighted by Crippen LogP contribution is 2.20. The van der Waals surface area contributed by atoms with Gasteiger partial charge in [-0.05, 0) is 31.0 Å². The van der Waals surface area contributed by atoms with Gasteiger partial charge in [-0.1, -0.05) is 24.6 Å². The fourth-order valence-corrected chi connectivity index (χ4v) is 2.61. The number of hydrogen-bond donors (Lipinski definition) is 1. The van der Waals surface area contributed by atoms with Crippen molar-refractivity contribution in [3.63, 3.8) is 0 Å². The number of nitrogens with one attached hydrogen (secondary N) is 1. The maximum atomic E-state index is 12.2. The first-order valence-corrected chi connectivity index (χ1v) is 7.13. The molecule has 1 aromatic carbocycles. The van der Waals surface area contributed by atoms with Crippen LogP contribution in [0.4, 0.5) is 0 Å². The van der Waals surface area contributed by atoms with Gasteiger partial charge in [0.05, 0.1) is 16.1 Å².